The van der Waals surface area contributed by atoms with E-state index in [1.54, 1.807) is 12.1 Å². The molecule has 15 heavy (non-hydrogen) atoms. The molecule has 0 unspecified atom stereocenters. The zero-order valence-corrected chi connectivity index (χ0v) is 8.28. The molecule has 2 aromatic rings. The minimum Gasteiger partial charge on any atom is -0.398 e. The summed E-state index contributed by atoms with van der Waals surface area (Å²) in [6.45, 7) is 0. The van der Waals surface area contributed by atoms with Gasteiger partial charge in [0.15, 0.2) is 0 Å². The molecular formula is C13H12FN. The van der Waals surface area contributed by atoms with E-state index in [4.69, 9.17) is 5.73 Å². The topological polar surface area (TPSA) is 26.0 Å². The lowest BCUT2D eigenvalue weighted by Crippen LogP contribution is -1.97. The summed E-state index contributed by atoms with van der Waals surface area (Å²) in [5.74, 6) is -0.180. The third-order valence-electron chi connectivity index (χ3n) is 2.39. The molecule has 0 bridgehead atoms. The Bertz CT molecular complexity index is 422. The first-order chi connectivity index (χ1) is 7.27. The molecule has 0 heterocycles. The predicted molar refractivity (Wildman–Crippen MR) is 60.1 cm³/mol. The standard InChI is InChI=1S/C13H12FN/c14-12-7-3-1-5-10(12)9-11-6-2-4-8-13(11)15/h1-8H,9,15H2. The molecular weight excluding hydrogens is 189 g/mol. The van der Waals surface area contributed by atoms with Crippen molar-refractivity contribution in [3.05, 3.63) is 65.5 Å². The van der Waals surface area contributed by atoms with E-state index < -0.39 is 0 Å². The molecule has 0 spiro atoms. The molecule has 2 N–H and O–H groups in total. The summed E-state index contributed by atoms with van der Waals surface area (Å²) < 4.78 is 13.4. The number of hydrogen-bond donors (Lipinski definition) is 1. The summed E-state index contributed by atoms with van der Waals surface area (Å²) in [6.07, 6.45) is 0.541. The highest BCUT2D eigenvalue weighted by molar-refractivity contribution is 5.48. The van der Waals surface area contributed by atoms with Crippen molar-refractivity contribution in [3.8, 4) is 0 Å². The number of benzene rings is 2. The van der Waals surface area contributed by atoms with E-state index >= 15 is 0 Å². The first-order valence-corrected chi connectivity index (χ1v) is 4.84. The molecule has 0 saturated carbocycles. The van der Waals surface area contributed by atoms with Crippen LogP contribution in [-0.4, -0.2) is 0 Å². The van der Waals surface area contributed by atoms with Crippen LogP contribution in [0, 0.1) is 5.82 Å². The van der Waals surface area contributed by atoms with Crippen LogP contribution in [0.1, 0.15) is 11.1 Å². The van der Waals surface area contributed by atoms with E-state index in [1.165, 1.54) is 6.07 Å². The van der Waals surface area contributed by atoms with Gasteiger partial charge < -0.3 is 5.73 Å². The third-order valence-corrected chi connectivity index (χ3v) is 2.39. The molecule has 0 aliphatic heterocycles. The Kier molecular flexibility index (Phi) is 2.68. The number of anilines is 1. The molecule has 0 amide bonds. The van der Waals surface area contributed by atoms with Crippen molar-refractivity contribution < 1.29 is 4.39 Å². The second-order valence-electron chi connectivity index (χ2n) is 3.47. The maximum Gasteiger partial charge on any atom is 0.126 e. The normalized spacial score (nSPS) is 10.2. The van der Waals surface area contributed by atoms with Crippen molar-refractivity contribution in [3.63, 3.8) is 0 Å². The number of nitrogen functional groups attached to an aromatic ring is 1. The third kappa shape index (κ3) is 2.15. The van der Waals surface area contributed by atoms with Gasteiger partial charge in [0.25, 0.3) is 0 Å². The van der Waals surface area contributed by atoms with Crippen LogP contribution in [0.4, 0.5) is 10.1 Å². The van der Waals surface area contributed by atoms with Crippen LogP contribution >= 0.6 is 0 Å². The van der Waals surface area contributed by atoms with Crippen LogP contribution in [0.5, 0.6) is 0 Å². The maximum atomic E-state index is 13.4. The Hall–Kier alpha value is -1.83. The lowest BCUT2D eigenvalue weighted by Gasteiger charge is -2.05. The van der Waals surface area contributed by atoms with Gasteiger partial charge >= 0.3 is 0 Å². The van der Waals surface area contributed by atoms with Gasteiger partial charge in [-0.1, -0.05) is 36.4 Å². The van der Waals surface area contributed by atoms with E-state index in [1.807, 2.05) is 30.3 Å². The molecule has 0 aliphatic rings. The van der Waals surface area contributed by atoms with E-state index in [0.29, 0.717) is 17.7 Å². The van der Waals surface area contributed by atoms with E-state index in [9.17, 15) is 4.39 Å². The molecule has 0 atom stereocenters. The summed E-state index contributed by atoms with van der Waals surface area (Å²) in [5, 5.41) is 0. The Labute approximate surface area is 88.4 Å². The number of hydrogen-bond acceptors (Lipinski definition) is 1. The van der Waals surface area contributed by atoms with Crippen LogP contribution in [0.2, 0.25) is 0 Å². The second kappa shape index (κ2) is 4.13. The number of para-hydroxylation sites is 1. The van der Waals surface area contributed by atoms with Crippen LogP contribution in [-0.2, 0) is 6.42 Å². The van der Waals surface area contributed by atoms with Crippen LogP contribution in [0.25, 0.3) is 0 Å². The highest BCUT2D eigenvalue weighted by atomic mass is 19.1. The van der Waals surface area contributed by atoms with E-state index in [-0.39, 0.29) is 5.82 Å². The fourth-order valence-corrected chi connectivity index (χ4v) is 1.54. The Morgan fingerprint density at radius 3 is 2.13 bits per heavy atom. The molecule has 2 rings (SSSR count). The van der Waals surface area contributed by atoms with Crippen molar-refractivity contribution in [2.75, 3.05) is 5.73 Å². The van der Waals surface area contributed by atoms with Gasteiger partial charge in [0, 0.05) is 12.1 Å². The maximum absolute atomic E-state index is 13.4. The molecule has 2 heteroatoms. The van der Waals surface area contributed by atoms with Crippen molar-refractivity contribution in [1.29, 1.82) is 0 Å². The van der Waals surface area contributed by atoms with E-state index in [0.717, 1.165) is 5.56 Å². The second-order valence-corrected chi connectivity index (χ2v) is 3.47. The molecule has 0 radical (unpaired) electrons. The van der Waals surface area contributed by atoms with Gasteiger partial charge in [-0.3, -0.25) is 0 Å². The average molecular weight is 201 g/mol. The lowest BCUT2D eigenvalue weighted by atomic mass is 10.0. The van der Waals surface area contributed by atoms with Gasteiger partial charge in [0.05, 0.1) is 0 Å². The van der Waals surface area contributed by atoms with E-state index in [2.05, 4.69) is 0 Å². The first kappa shape index (κ1) is 9.71. The highest BCUT2D eigenvalue weighted by Gasteiger charge is 2.03. The van der Waals surface area contributed by atoms with Gasteiger partial charge in [-0.05, 0) is 23.3 Å². The van der Waals surface area contributed by atoms with Crippen LogP contribution in [0.15, 0.2) is 48.5 Å². The first-order valence-electron chi connectivity index (χ1n) is 4.84. The SMILES string of the molecule is Nc1ccccc1Cc1ccccc1F. The van der Waals surface area contributed by atoms with Crippen LogP contribution < -0.4 is 5.73 Å². The summed E-state index contributed by atoms with van der Waals surface area (Å²) in [7, 11) is 0. The number of halogens is 1. The van der Waals surface area contributed by atoms with Gasteiger partial charge in [0.1, 0.15) is 5.82 Å². The molecule has 76 valence electrons. The quantitative estimate of drug-likeness (QED) is 0.742. The smallest absolute Gasteiger partial charge is 0.126 e. The fourth-order valence-electron chi connectivity index (χ4n) is 1.54. The lowest BCUT2D eigenvalue weighted by molar-refractivity contribution is 0.614. The average Bonchev–Trinajstić information content (AvgIpc) is 2.24. The molecule has 0 saturated heterocycles. The highest BCUT2D eigenvalue weighted by Crippen LogP contribution is 2.17. The van der Waals surface area contributed by atoms with Gasteiger partial charge in [0.2, 0.25) is 0 Å². The van der Waals surface area contributed by atoms with Crippen molar-refractivity contribution in [2.24, 2.45) is 0 Å². The predicted octanol–water partition coefficient (Wildman–Crippen LogP) is 3.00. The van der Waals surface area contributed by atoms with Gasteiger partial charge in [-0.2, -0.15) is 0 Å². The largest absolute Gasteiger partial charge is 0.398 e. The molecule has 0 aliphatic carbocycles. The van der Waals surface area contributed by atoms with Crippen molar-refractivity contribution >= 4 is 5.69 Å². The molecule has 0 fully saturated rings. The summed E-state index contributed by atoms with van der Waals surface area (Å²) in [6, 6.07) is 14.3. The van der Waals surface area contributed by atoms with Crippen molar-refractivity contribution in [2.45, 2.75) is 6.42 Å². The Morgan fingerprint density at radius 2 is 1.47 bits per heavy atom. The van der Waals surface area contributed by atoms with Crippen LogP contribution in [0.3, 0.4) is 0 Å². The molecule has 2 aromatic carbocycles. The molecule has 1 nitrogen and oxygen atoms in total. The zero-order chi connectivity index (χ0) is 10.7. The summed E-state index contributed by atoms with van der Waals surface area (Å²) in [5.41, 5.74) is 8.14. The zero-order valence-electron chi connectivity index (χ0n) is 8.28. The summed E-state index contributed by atoms with van der Waals surface area (Å²) in [4.78, 5) is 0. The number of nitrogens with two attached hydrogens (primary N) is 1. The van der Waals surface area contributed by atoms with Gasteiger partial charge in [-0.15, -0.1) is 0 Å². The minimum absolute atomic E-state index is 0.180. The van der Waals surface area contributed by atoms with Crippen molar-refractivity contribution in [1.82, 2.24) is 0 Å². The summed E-state index contributed by atoms with van der Waals surface area (Å²) >= 11 is 0. The minimum atomic E-state index is -0.180. The molecule has 0 aromatic heterocycles. The number of rotatable bonds is 2. The Morgan fingerprint density at radius 1 is 0.867 bits per heavy atom. The Balaban J connectivity index is 2.30. The monoisotopic (exact) mass is 201 g/mol. The van der Waals surface area contributed by atoms with Gasteiger partial charge in [-0.25, -0.2) is 4.39 Å². The fraction of sp³-hybridized carbons (Fsp3) is 0.0769.